The van der Waals surface area contributed by atoms with Gasteiger partial charge in [-0.15, -0.1) is 0 Å². The summed E-state index contributed by atoms with van der Waals surface area (Å²) in [5.41, 5.74) is 0.491. The van der Waals surface area contributed by atoms with Gasteiger partial charge in [0.2, 0.25) is 0 Å². The smallest absolute Gasteiger partial charge is 0.319 e. The van der Waals surface area contributed by atoms with Crippen molar-refractivity contribution in [2.45, 2.75) is 82.6 Å². The minimum absolute atomic E-state index is 0.0170. The van der Waals surface area contributed by atoms with Gasteiger partial charge in [0.25, 0.3) is 0 Å². The molecule has 4 fully saturated rings. The molecule has 2 saturated heterocycles. The van der Waals surface area contributed by atoms with Crippen LogP contribution >= 0.6 is 0 Å². The Bertz CT molecular complexity index is 1890. The molecule has 0 amide bonds. The molecule has 0 bridgehead atoms. The van der Waals surface area contributed by atoms with Gasteiger partial charge in [-0.2, -0.15) is 9.97 Å². The third-order valence-electron chi connectivity index (χ3n) is 11.1. The molecule has 0 spiro atoms. The van der Waals surface area contributed by atoms with Gasteiger partial charge in [-0.3, -0.25) is 9.88 Å². The minimum atomic E-state index is -0.877. The molecule has 4 atom stereocenters. The Labute approximate surface area is 283 Å². The highest BCUT2D eigenvalue weighted by Crippen LogP contribution is 2.51. The molecule has 4 aliphatic rings. The van der Waals surface area contributed by atoms with Crippen LogP contribution in [0.4, 0.5) is 14.6 Å². The number of rotatable bonds is 8. The Morgan fingerprint density at radius 2 is 1.92 bits per heavy atom. The highest BCUT2D eigenvalue weighted by atomic mass is 19.1. The molecule has 49 heavy (non-hydrogen) atoms. The fraction of sp³-hybridized carbons (Fsp3) is 0.541. The standard InChI is InChI=1S/C37H43F2N5O5/c1-2-26-29(38)9-6-21-13-23(46)14-27(31(21)26)33-32(39)34-28(15-40-33)35(43-16-24(47)19-48-25(17-43)18-45)42-36(41-34)49-20-37-10-3-5-30(37)44(12-4-11-37)22-7-8-22/h6,9,13-15,22,24-25,30,45-47H,2-5,7-8,10-12,16-20H2,1H3/t24?,25-,30?,37?/m1/s1. The Balaban J connectivity index is 1.25. The number of pyridine rings is 1. The van der Waals surface area contributed by atoms with E-state index in [4.69, 9.17) is 14.5 Å². The summed E-state index contributed by atoms with van der Waals surface area (Å²) in [4.78, 5) is 18.4. The molecule has 3 unspecified atom stereocenters. The van der Waals surface area contributed by atoms with Gasteiger partial charge >= 0.3 is 6.01 Å². The van der Waals surface area contributed by atoms with Gasteiger partial charge in [-0.1, -0.05) is 19.4 Å². The molecule has 2 aromatic heterocycles. The number of fused-ring (bicyclic) bond motifs is 3. The van der Waals surface area contributed by atoms with Crippen molar-refractivity contribution in [3.05, 3.63) is 47.7 Å². The second-order valence-electron chi connectivity index (χ2n) is 14.3. The molecule has 2 aliphatic carbocycles. The summed E-state index contributed by atoms with van der Waals surface area (Å²) in [7, 11) is 0. The Hall–Kier alpha value is -3.71. The van der Waals surface area contributed by atoms with Crippen LogP contribution in [0.3, 0.4) is 0 Å². The van der Waals surface area contributed by atoms with Crippen LogP contribution in [0.15, 0.2) is 30.5 Å². The zero-order valence-corrected chi connectivity index (χ0v) is 27.7. The molecule has 2 saturated carbocycles. The summed E-state index contributed by atoms with van der Waals surface area (Å²) in [5, 5.41) is 32.6. The van der Waals surface area contributed by atoms with Gasteiger partial charge in [0, 0.05) is 42.3 Å². The zero-order chi connectivity index (χ0) is 33.9. The quantitative estimate of drug-likeness (QED) is 0.232. The number of nitrogens with zero attached hydrogens (tertiary/aromatic N) is 5. The van der Waals surface area contributed by atoms with Crippen molar-refractivity contribution in [1.29, 1.82) is 0 Å². The largest absolute Gasteiger partial charge is 0.508 e. The van der Waals surface area contributed by atoms with Crippen LogP contribution in [-0.4, -0.2) is 98.9 Å². The number of aromatic hydroxyl groups is 1. The maximum absolute atomic E-state index is 17.0. The number of phenolic OH excluding ortho intramolecular Hbond substituents is 1. The average molecular weight is 676 g/mol. The third kappa shape index (κ3) is 5.86. The molecular formula is C37H43F2N5O5. The van der Waals surface area contributed by atoms with E-state index in [2.05, 4.69) is 14.9 Å². The number of aryl methyl sites for hydroxylation is 1. The van der Waals surface area contributed by atoms with Gasteiger partial charge in [-0.05, 0) is 86.0 Å². The van der Waals surface area contributed by atoms with E-state index in [0.717, 1.165) is 38.6 Å². The minimum Gasteiger partial charge on any atom is -0.508 e. The second-order valence-corrected chi connectivity index (χ2v) is 14.3. The number of aliphatic hydroxyl groups is 2. The van der Waals surface area contributed by atoms with Gasteiger partial charge in [0.1, 0.15) is 28.6 Å². The third-order valence-corrected chi connectivity index (χ3v) is 11.1. The topological polar surface area (TPSA) is 124 Å². The number of aromatic nitrogens is 3. The summed E-state index contributed by atoms with van der Waals surface area (Å²) in [5.74, 6) is -0.970. The van der Waals surface area contributed by atoms with Crippen LogP contribution in [0.1, 0.15) is 57.4 Å². The summed E-state index contributed by atoms with van der Waals surface area (Å²) in [6.45, 7) is 3.44. The number of likely N-dealkylation sites (tertiary alicyclic amines) is 1. The number of anilines is 1. The first kappa shape index (κ1) is 32.5. The van der Waals surface area contributed by atoms with Crippen molar-refractivity contribution in [2.24, 2.45) is 5.41 Å². The van der Waals surface area contributed by atoms with E-state index in [1.54, 1.807) is 11.0 Å². The molecule has 0 radical (unpaired) electrons. The average Bonchev–Trinajstić information content (AvgIpc) is 3.89. The van der Waals surface area contributed by atoms with Gasteiger partial charge in [0.05, 0.1) is 37.4 Å². The Morgan fingerprint density at radius 3 is 2.71 bits per heavy atom. The zero-order valence-electron chi connectivity index (χ0n) is 27.7. The summed E-state index contributed by atoms with van der Waals surface area (Å²) < 4.78 is 44.2. The maximum Gasteiger partial charge on any atom is 0.319 e. The molecule has 2 aromatic carbocycles. The van der Waals surface area contributed by atoms with Crippen LogP contribution in [0.25, 0.3) is 32.9 Å². The van der Waals surface area contributed by atoms with Crippen molar-refractivity contribution < 1.29 is 33.6 Å². The summed E-state index contributed by atoms with van der Waals surface area (Å²) >= 11 is 0. The number of hydrogen-bond acceptors (Lipinski definition) is 10. The summed E-state index contributed by atoms with van der Waals surface area (Å²) in [6, 6.07) is 6.96. The number of halogens is 2. The molecule has 4 heterocycles. The lowest BCUT2D eigenvalue weighted by Crippen LogP contribution is -2.52. The number of piperidine rings is 1. The molecule has 10 nitrogen and oxygen atoms in total. The normalized spacial score (nSPS) is 26.3. The Morgan fingerprint density at radius 1 is 1.08 bits per heavy atom. The van der Waals surface area contributed by atoms with Gasteiger partial charge in [-0.25, -0.2) is 8.78 Å². The van der Waals surface area contributed by atoms with Crippen LogP contribution in [0.5, 0.6) is 11.8 Å². The van der Waals surface area contributed by atoms with E-state index < -0.39 is 23.8 Å². The monoisotopic (exact) mass is 675 g/mol. The van der Waals surface area contributed by atoms with E-state index in [9.17, 15) is 15.3 Å². The van der Waals surface area contributed by atoms with E-state index in [-0.39, 0.29) is 60.3 Å². The SMILES string of the molecule is CCc1c(F)ccc2cc(O)cc(-c3ncc4c(N5CC(O)CO[C@@H](CO)C5)nc(OCC56CCCC5N(C5CC5)CCC6)nc4c3F)c12. The maximum atomic E-state index is 17.0. The fourth-order valence-electron chi connectivity index (χ4n) is 8.75. The van der Waals surface area contributed by atoms with E-state index in [1.165, 1.54) is 37.2 Å². The van der Waals surface area contributed by atoms with Crippen LogP contribution in [0.2, 0.25) is 0 Å². The van der Waals surface area contributed by atoms with Crippen LogP contribution in [0, 0.1) is 17.0 Å². The first-order valence-electron chi connectivity index (χ1n) is 17.6. The predicted molar refractivity (Wildman–Crippen MR) is 181 cm³/mol. The lowest BCUT2D eigenvalue weighted by molar-refractivity contribution is -0.0107. The first-order chi connectivity index (χ1) is 23.8. The number of β-amino-alcohol motifs (C(OH)–C–C–N with tert-alkyl or cyclic N) is 1. The first-order valence-corrected chi connectivity index (χ1v) is 17.6. The predicted octanol–water partition coefficient (Wildman–Crippen LogP) is 5.13. The van der Waals surface area contributed by atoms with E-state index in [0.29, 0.717) is 52.7 Å². The number of hydrogen-bond donors (Lipinski definition) is 3. The number of ether oxygens (including phenoxy) is 2. The molecule has 8 rings (SSSR count). The van der Waals surface area contributed by atoms with Crippen LogP contribution in [-0.2, 0) is 11.2 Å². The lowest BCUT2D eigenvalue weighted by atomic mass is 9.75. The van der Waals surface area contributed by atoms with Gasteiger partial charge in [0.15, 0.2) is 5.82 Å². The number of aliphatic hydroxyl groups excluding tert-OH is 2. The number of phenols is 1. The molecular weight excluding hydrogens is 632 g/mol. The van der Waals surface area contributed by atoms with Crippen molar-refractivity contribution in [2.75, 3.05) is 44.4 Å². The van der Waals surface area contributed by atoms with E-state index in [1.807, 2.05) is 6.92 Å². The fourth-order valence-corrected chi connectivity index (χ4v) is 8.75. The van der Waals surface area contributed by atoms with E-state index >= 15 is 8.78 Å². The highest BCUT2D eigenvalue weighted by Gasteiger charge is 2.51. The van der Waals surface area contributed by atoms with Crippen molar-refractivity contribution >= 4 is 27.5 Å². The van der Waals surface area contributed by atoms with Crippen molar-refractivity contribution in [3.63, 3.8) is 0 Å². The molecule has 4 aromatic rings. The highest BCUT2D eigenvalue weighted by molar-refractivity contribution is 6.01. The number of benzene rings is 2. The molecule has 3 N–H and O–H groups in total. The lowest BCUT2D eigenvalue weighted by Gasteiger charge is -2.46. The molecule has 2 aliphatic heterocycles. The molecule has 260 valence electrons. The van der Waals surface area contributed by atoms with Crippen molar-refractivity contribution in [3.8, 4) is 23.0 Å². The summed E-state index contributed by atoms with van der Waals surface area (Å²) in [6.07, 6.45) is 8.34. The molecule has 12 heteroatoms. The van der Waals surface area contributed by atoms with Crippen molar-refractivity contribution in [1.82, 2.24) is 19.9 Å². The Kier molecular flexibility index (Phi) is 8.54. The van der Waals surface area contributed by atoms with Crippen LogP contribution < -0.4 is 9.64 Å². The van der Waals surface area contributed by atoms with Gasteiger partial charge < -0.3 is 29.7 Å². The second kappa shape index (κ2) is 12.9.